The molecule has 2 N–H and O–H groups in total. The summed E-state index contributed by atoms with van der Waals surface area (Å²) in [5.41, 5.74) is 0.768. The van der Waals surface area contributed by atoms with Crippen LogP contribution in [0.5, 0.6) is 23.0 Å². The molecule has 17 heavy (non-hydrogen) atoms. The first-order chi connectivity index (χ1) is 8.20. The Morgan fingerprint density at radius 3 is 2.29 bits per heavy atom. The highest BCUT2D eigenvalue weighted by Crippen LogP contribution is 2.36. The summed E-state index contributed by atoms with van der Waals surface area (Å²) in [6.45, 7) is 0. The minimum Gasteiger partial charge on any atom is -0.504 e. The summed E-state index contributed by atoms with van der Waals surface area (Å²) < 4.78 is 5.64. The van der Waals surface area contributed by atoms with Gasteiger partial charge >= 0.3 is 0 Å². The molecule has 0 radical (unpaired) electrons. The number of hydrogen-bond acceptors (Lipinski definition) is 3. The van der Waals surface area contributed by atoms with E-state index < -0.39 is 0 Å². The summed E-state index contributed by atoms with van der Waals surface area (Å²) in [5, 5.41) is 19.4. The molecule has 0 spiro atoms. The smallest absolute Gasteiger partial charge is 0.161 e. The number of aromatic hydroxyl groups is 2. The van der Waals surface area contributed by atoms with E-state index in [0.717, 1.165) is 5.56 Å². The predicted molar refractivity (Wildman–Crippen MR) is 68.9 cm³/mol. The van der Waals surface area contributed by atoms with Gasteiger partial charge in [0.25, 0.3) is 0 Å². The molecule has 0 fully saturated rings. The molecule has 0 aliphatic heterocycles. The number of para-hydroxylation sites is 1. The average molecular weight is 295 g/mol. The van der Waals surface area contributed by atoms with E-state index in [1.807, 2.05) is 30.3 Å². The zero-order valence-corrected chi connectivity index (χ0v) is 10.5. The Morgan fingerprint density at radius 1 is 1.00 bits per heavy atom. The molecule has 0 saturated heterocycles. The third-order valence-corrected chi connectivity index (χ3v) is 2.88. The van der Waals surface area contributed by atoms with Crippen molar-refractivity contribution in [3.05, 3.63) is 48.0 Å². The van der Waals surface area contributed by atoms with Gasteiger partial charge in [0, 0.05) is 17.0 Å². The number of benzene rings is 2. The Kier molecular flexibility index (Phi) is 3.54. The molecule has 0 saturated carbocycles. The predicted octanol–water partition coefficient (Wildman–Crippen LogP) is 3.79. The summed E-state index contributed by atoms with van der Waals surface area (Å²) in [4.78, 5) is 0. The molecule has 0 bridgehead atoms. The minimum atomic E-state index is -0.194. The van der Waals surface area contributed by atoms with Gasteiger partial charge in [0.15, 0.2) is 11.5 Å². The van der Waals surface area contributed by atoms with Gasteiger partial charge in [0.05, 0.1) is 0 Å². The molecule has 0 unspecified atom stereocenters. The fraction of sp³-hybridized carbons (Fsp3) is 0.0769. The van der Waals surface area contributed by atoms with Crippen LogP contribution in [0.25, 0.3) is 0 Å². The molecule has 0 aromatic heterocycles. The lowest BCUT2D eigenvalue weighted by atomic mass is 10.2. The molecular formula is C13H11BrO3. The van der Waals surface area contributed by atoms with E-state index in [1.54, 1.807) is 0 Å². The van der Waals surface area contributed by atoms with Crippen LogP contribution < -0.4 is 4.74 Å². The molecular weight excluding hydrogens is 284 g/mol. The molecule has 0 aliphatic carbocycles. The lowest BCUT2D eigenvalue weighted by Gasteiger charge is -2.11. The standard InChI is InChI=1S/C13H11BrO3/c14-8-9-6-11(15)12(16)7-13(9)17-10-4-2-1-3-5-10/h1-7,15-16H,8H2. The van der Waals surface area contributed by atoms with E-state index in [4.69, 9.17) is 4.74 Å². The monoisotopic (exact) mass is 294 g/mol. The van der Waals surface area contributed by atoms with Crippen molar-refractivity contribution in [3.8, 4) is 23.0 Å². The van der Waals surface area contributed by atoms with Crippen LogP contribution in [0.3, 0.4) is 0 Å². The van der Waals surface area contributed by atoms with Crippen LogP contribution in [-0.2, 0) is 5.33 Å². The number of ether oxygens (including phenoxy) is 1. The summed E-state index contributed by atoms with van der Waals surface area (Å²) >= 11 is 3.31. The zero-order valence-electron chi connectivity index (χ0n) is 8.93. The summed E-state index contributed by atoms with van der Waals surface area (Å²) in [5.74, 6) is 0.851. The van der Waals surface area contributed by atoms with Gasteiger partial charge < -0.3 is 14.9 Å². The molecule has 88 valence electrons. The number of alkyl halides is 1. The van der Waals surface area contributed by atoms with E-state index >= 15 is 0 Å². The number of halogens is 1. The third-order valence-electron chi connectivity index (χ3n) is 2.27. The minimum absolute atomic E-state index is 0.153. The van der Waals surface area contributed by atoms with Gasteiger partial charge in [0.1, 0.15) is 11.5 Å². The highest BCUT2D eigenvalue weighted by atomic mass is 79.9. The number of rotatable bonds is 3. The maximum atomic E-state index is 9.45. The highest BCUT2D eigenvalue weighted by Gasteiger charge is 2.09. The second-order valence-corrected chi connectivity index (χ2v) is 4.06. The highest BCUT2D eigenvalue weighted by molar-refractivity contribution is 9.08. The number of hydrogen-bond donors (Lipinski definition) is 2. The lowest BCUT2D eigenvalue weighted by Crippen LogP contribution is -1.89. The zero-order chi connectivity index (χ0) is 12.3. The van der Waals surface area contributed by atoms with E-state index in [2.05, 4.69) is 15.9 Å². The number of phenolic OH excluding ortho intramolecular Hbond substituents is 2. The van der Waals surface area contributed by atoms with Crippen molar-refractivity contribution in [2.75, 3.05) is 0 Å². The molecule has 2 aromatic rings. The van der Waals surface area contributed by atoms with E-state index in [0.29, 0.717) is 16.8 Å². The van der Waals surface area contributed by atoms with Crippen molar-refractivity contribution in [3.63, 3.8) is 0 Å². The van der Waals surface area contributed by atoms with Gasteiger partial charge in [-0.1, -0.05) is 34.1 Å². The summed E-state index contributed by atoms with van der Waals surface area (Å²) in [6.07, 6.45) is 0. The van der Waals surface area contributed by atoms with Gasteiger partial charge in [-0.25, -0.2) is 0 Å². The second kappa shape index (κ2) is 5.10. The molecule has 3 nitrogen and oxygen atoms in total. The Bertz CT molecular complexity index is 512. The van der Waals surface area contributed by atoms with Crippen LogP contribution >= 0.6 is 15.9 Å². The van der Waals surface area contributed by atoms with Crippen molar-refractivity contribution < 1.29 is 14.9 Å². The van der Waals surface area contributed by atoms with Crippen LogP contribution in [0.2, 0.25) is 0 Å². The van der Waals surface area contributed by atoms with Crippen molar-refractivity contribution >= 4 is 15.9 Å². The Morgan fingerprint density at radius 2 is 1.65 bits per heavy atom. The number of phenols is 2. The summed E-state index contributed by atoms with van der Waals surface area (Å²) in [6, 6.07) is 12.1. The maximum Gasteiger partial charge on any atom is 0.161 e. The maximum absolute atomic E-state index is 9.45. The SMILES string of the molecule is Oc1cc(CBr)c(Oc2ccccc2)cc1O. The fourth-order valence-corrected chi connectivity index (χ4v) is 1.85. The van der Waals surface area contributed by atoms with Gasteiger partial charge in [-0.15, -0.1) is 0 Å². The van der Waals surface area contributed by atoms with E-state index in [-0.39, 0.29) is 11.5 Å². The van der Waals surface area contributed by atoms with Crippen LogP contribution in [0, 0.1) is 0 Å². The lowest BCUT2D eigenvalue weighted by molar-refractivity contribution is 0.396. The Hall–Kier alpha value is -1.68. The van der Waals surface area contributed by atoms with Gasteiger partial charge in [0.2, 0.25) is 0 Å². The van der Waals surface area contributed by atoms with E-state index in [9.17, 15) is 10.2 Å². The topological polar surface area (TPSA) is 49.7 Å². The fourth-order valence-electron chi connectivity index (χ4n) is 1.42. The Balaban J connectivity index is 2.35. The van der Waals surface area contributed by atoms with Gasteiger partial charge in [-0.05, 0) is 18.2 Å². The molecule has 4 heteroatoms. The molecule has 2 aromatic carbocycles. The van der Waals surface area contributed by atoms with Crippen LogP contribution in [0.1, 0.15) is 5.56 Å². The van der Waals surface area contributed by atoms with Crippen molar-refractivity contribution in [2.45, 2.75) is 5.33 Å². The molecule has 0 amide bonds. The molecule has 2 rings (SSSR count). The molecule has 0 aliphatic rings. The summed E-state index contributed by atoms with van der Waals surface area (Å²) in [7, 11) is 0. The van der Waals surface area contributed by atoms with Crippen molar-refractivity contribution in [1.29, 1.82) is 0 Å². The van der Waals surface area contributed by atoms with Crippen LogP contribution in [0.4, 0.5) is 0 Å². The largest absolute Gasteiger partial charge is 0.504 e. The molecule has 0 heterocycles. The van der Waals surface area contributed by atoms with Crippen LogP contribution in [0.15, 0.2) is 42.5 Å². The quantitative estimate of drug-likeness (QED) is 0.669. The van der Waals surface area contributed by atoms with Gasteiger partial charge in [-0.2, -0.15) is 0 Å². The first-order valence-corrected chi connectivity index (χ1v) is 6.16. The third kappa shape index (κ3) is 2.71. The average Bonchev–Trinajstić information content (AvgIpc) is 2.35. The van der Waals surface area contributed by atoms with Crippen molar-refractivity contribution in [2.24, 2.45) is 0 Å². The molecule has 0 atom stereocenters. The van der Waals surface area contributed by atoms with Crippen molar-refractivity contribution in [1.82, 2.24) is 0 Å². The van der Waals surface area contributed by atoms with E-state index in [1.165, 1.54) is 12.1 Å². The first-order valence-electron chi connectivity index (χ1n) is 5.04. The second-order valence-electron chi connectivity index (χ2n) is 3.50. The van der Waals surface area contributed by atoms with Gasteiger partial charge in [-0.3, -0.25) is 0 Å². The first kappa shape index (κ1) is 11.8. The normalized spacial score (nSPS) is 10.2. The Labute approximate surface area is 107 Å². The van der Waals surface area contributed by atoms with Crippen LogP contribution in [-0.4, -0.2) is 10.2 Å².